The number of aromatic amines is 1. The molecule has 1 heterocycles. The number of carbonyl (C=O) groups excluding carboxylic acids is 1. The van der Waals surface area contributed by atoms with Gasteiger partial charge in [-0.3, -0.25) is 9.89 Å². The van der Waals surface area contributed by atoms with Crippen molar-refractivity contribution in [3.8, 4) is 0 Å². The maximum absolute atomic E-state index is 10.9. The quantitative estimate of drug-likeness (QED) is 0.521. The van der Waals surface area contributed by atoms with Crippen LogP contribution in [0.1, 0.15) is 25.1 Å². The van der Waals surface area contributed by atoms with Gasteiger partial charge in [0.2, 0.25) is 5.91 Å². The predicted octanol–water partition coefficient (Wildman–Crippen LogP) is -0.393. The highest BCUT2D eigenvalue weighted by atomic mass is 16.5. The van der Waals surface area contributed by atoms with Crippen LogP contribution in [0.4, 0.5) is 0 Å². The Morgan fingerprint density at radius 1 is 1.61 bits per heavy atom. The fraction of sp³-hybridized carbons (Fsp3) is 0.727. The van der Waals surface area contributed by atoms with Crippen LogP contribution in [0.2, 0.25) is 0 Å². The number of aromatic nitrogens is 3. The van der Waals surface area contributed by atoms with Crippen molar-refractivity contribution in [2.24, 2.45) is 5.73 Å². The second-order valence-electron chi connectivity index (χ2n) is 4.06. The number of nitrogens with two attached hydrogens (primary N) is 1. The Kier molecular flexibility index (Phi) is 6.97. The van der Waals surface area contributed by atoms with Crippen LogP contribution >= 0.6 is 0 Å². The zero-order valence-electron chi connectivity index (χ0n) is 10.7. The molecule has 0 aliphatic rings. The Morgan fingerprint density at radius 2 is 2.44 bits per heavy atom. The molecular weight excluding hydrogens is 234 g/mol. The molecule has 1 rings (SSSR count). The summed E-state index contributed by atoms with van der Waals surface area (Å²) in [5.74, 6) is 0.736. The maximum atomic E-state index is 10.9. The summed E-state index contributed by atoms with van der Waals surface area (Å²) in [7, 11) is 1.62. The van der Waals surface area contributed by atoms with Crippen LogP contribution in [-0.4, -0.2) is 47.4 Å². The summed E-state index contributed by atoms with van der Waals surface area (Å²) in [5, 5.41) is 9.15. The van der Waals surface area contributed by atoms with Gasteiger partial charge in [0.1, 0.15) is 6.33 Å². The summed E-state index contributed by atoms with van der Waals surface area (Å²) in [6.07, 6.45) is 4.35. The van der Waals surface area contributed by atoms with E-state index in [1.54, 1.807) is 13.4 Å². The third kappa shape index (κ3) is 6.31. The fourth-order valence-corrected chi connectivity index (χ4v) is 1.51. The van der Waals surface area contributed by atoms with Gasteiger partial charge in [0.15, 0.2) is 5.82 Å². The summed E-state index contributed by atoms with van der Waals surface area (Å²) in [5.41, 5.74) is 5.94. The summed E-state index contributed by atoms with van der Waals surface area (Å²) < 4.78 is 5.34. The Labute approximate surface area is 106 Å². The third-order valence-electron chi connectivity index (χ3n) is 2.53. The number of hydrogen-bond donors (Lipinski definition) is 3. The normalized spacial score (nSPS) is 12.3. The summed E-state index contributed by atoms with van der Waals surface area (Å²) in [6, 6.07) is 0.0448. The first-order chi connectivity index (χ1) is 8.72. The number of hydrogen-bond acceptors (Lipinski definition) is 5. The number of rotatable bonds is 9. The van der Waals surface area contributed by atoms with Gasteiger partial charge in [-0.2, -0.15) is 5.10 Å². The molecule has 0 spiro atoms. The number of ether oxygens (including phenoxy) is 1. The summed E-state index contributed by atoms with van der Waals surface area (Å²) in [4.78, 5) is 14.9. The van der Waals surface area contributed by atoms with Crippen molar-refractivity contribution in [3.05, 3.63) is 12.2 Å². The molecule has 1 aromatic rings. The van der Waals surface area contributed by atoms with Crippen molar-refractivity contribution in [2.45, 2.75) is 31.7 Å². The molecule has 0 radical (unpaired) electrons. The Balaban J connectivity index is 1.96. The van der Waals surface area contributed by atoms with Crippen molar-refractivity contribution < 1.29 is 9.53 Å². The molecule has 0 aromatic carbocycles. The van der Waals surface area contributed by atoms with Crippen LogP contribution in [0.5, 0.6) is 0 Å². The fourth-order valence-electron chi connectivity index (χ4n) is 1.51. The molecule has 0 bridgehead atoms. The molecule has 4 N–H and O–H groups in total. The average molecular weight is 255 g/mol. The van der Waals surface area contributed by atoms with Crippen LogP contribution in [0.25, 0.3) is 0 Å². The minimum absolute atomic E-state index is 0.00342. The Morgan fingerprint density at radius 3 is 3.11 bits per heavy atom. The van der Waals surface area contributed by atoms with Gasteiger partial charge in [-0.15, -0.1) is 0 Å². The molecule has 1 amide bonds. The van der Waals surface area contributed by atoms with E-state index >= 15 is 0 Å². The first-order valence-electron chi connectivity index (χ1n) is 6.11. The van der Waals surface area contributed by atoms with Crippen molar-refractivity contribution in [2.75, 3.05) is 20.3 Å². The Bertz CT molecular complexity index is 328. The van der Waals surface area contributed by atoms with Crippen LogP contribution in [-0.2, 0) is 16.0 Å². The molecule has 0 aliphatic heterocycles. The zero-order chi connectivity index (χ0) is 13.2. The first kappa shape index (κ1) is 14.6. The standard InChI is InChI=1S/C11H21N5O2/c1-13-11(17)4-6-18-5-2-3-9(12)7-10-14-8-15-16-10/h8-9H,2-7,12H2,1H3,(H,13,17)(H,14,15,16). The average Bonchev–Trinajstić information content (AvgIpc) is 2.85. The lowest BCUT2D eigenvalue weighted by Gasteiger charge is -2.09. The molecule has 7 heteroatoms. The molecule has 1 atom stereocenters. The maximum Gasteiger partial charge on any atom is 0.222 e. The van der Waals surface area contributed by atoms with E-state index < -0.39 is 0 Å². The Hall–Kier alpha value is -1.47. The van der Waals surface area contributed by atoms with Crippen molar-refractivity contribution in [3.63, 3.8) is 0 Å². The van der Waals surface area contributed by atoms with Gasteiger partial charge in [0.25, 0.3) is 0 Å². The molecule has 18 heavy (non-hydrogen) atoms. The number of nitrogens with zero attached hydrogens (tertiary/aromatic N) is 2. The third-order valence-corrected chi connectivity index (χ3v) is 2.53. The van der Waals surface area contributed by atoms with E-state index in [1.165, 1.54) is 0 Å². The first-order valence-corrected chi connectivity index (χ1v) is 6.11. The van der Waals surface area contributed by atoms with Gasteiger partial charge in [-0.1, -0.05) is 0 Å². The van der Waals surface area contributed by atoms with E-state index in [-0.39, 0.29) is 11.9 Å². The SMILES string of the molecule is CNC(=O)CCOCCCC(N)Cc1nc[nH]n1. The minimum Gasteiger partial charge on any atom is -0.381 e. The number of nitrogens with one attached hydrogen (secondary N) is 2. The molecule has 1 unspecified atom stereocenters. The predicted molar refractivity (Wildman–Crippen MR) is 66.8 cm³/mol. The molecular formula is C11H21N5O2. The second-order valence-corrected chi connectivity index (χ2v) is 4.06. The van der Waals surface area contributed by atoms with E-state index in [9.17, 15) is 4.79 Å². The van der Waals surface area contributed by atoms with E-state index in [1.807, 2.05) is 0 Å². The molecule has 7 nitrogen and oxygen atoms in total. The largest absolute Gasteiger partial charge is 0.381 e. The molecule has 0 fully saturated rings. The van der Waals surface area contributed by atoms with Gasteiger partial charge in [0.05, 0.1) is 6.61 Å². The molecule has 0 aliphatic carbocycles. The van der Waals surface area contributed by atoms with E-state index in [4.69, 9.17) is 10.5 Å². The van der Waals surface area contributed by atoms with Crippen LogP contribution in [0.15, 0.2) is 6.33 Å². The molecule has 102 valence electrons. The van der Waals surface area contributed by atoms with Gasteiger partial charge in [-0.25, -0.2) is 4.98 Å². The van der Waals surface area contributed by atoms with Gasteiger partial charge in [0, 0.05) is 32.5 Å². The lowest BCUT2D eigenvalue weighted by molar-refractivity contribution is -0.121. The number of H-pyrrole nitrogens is 1. The summed E-state index contributed by atoms with van der Waals surface area (Å²) >= 11 is 0. The molecule has 0 saturated heterocycles. The highest BCUT2D eigenvalue weighted by Crippen LogP contribution is 2.01. The molecule has 1 aromatic heterocycles. The summed E-state index contributed by atoms with van der Waals surface area (Å²) in [6.45, 7) is 1.08. The lowest BCUT2D eigenvalue weighted by Crippen LogP contribution is -2.24. The highest BCUT2D eigenvalue weighted by molar-refractivity contribution is 5.75. The van der Waals surface area contributed by atoms with Gasteiger partial charge >= 0.3 is 0 Å². The van der Waals surface area contributed by atoms with Crippen LogP contribution in [0, 0.1) is 0 Å². The van der Waals surface area contributed by atoms with Gasteiger partial charge < -0.3 is 15.8 Å². The van der Waals surface area contributed by atoms with Gasteiger partial charge in [-0.05, 0) is 12.8 Å². The monoisotopic (exact) mass is 255 g/mol. The van der Waals surface area contributed by atoms with Crippen molar-refractivity contribution >= 4 is 5.91 Å². The van der Waals surface area contributed by atoms with E-state index in [2.05, 4.69) is 20.5 Å². The molecule has 0 saturated carbocycles. The van der Waals surface area contributed by atoms with E-state index in [0.717, 1.165) is 18.7 Å². The number of carbonyl (C=O) groups is 1. The van der Waals surface area contributed by atoms with Crippen molar-refractivity contribution in [1.29, 1.82) is 0 Å². The smallest absolute Gasteiger partial charge is 0.222 e. The zero-order valence-corrected chi connectivity index (χ0v) is 10.7. The lowest BCUT2D eigenvalue weighted by atomic mass is 10.1. The van der Waals surface area contributed by atoms with E-state index in [0.29, 0.717) is 26.1 Å². The van der Waals surface area contributed by atoms with Crippen molar-refractivity contribution in [1.82, 2.24) is 20.5 Å². The van der Waals surface area contributed by atoms with Crippen LogP contribution < -0.4 is 11.1 Å². The topological polar surface area (TPSA) is 106 Å². The second kappa shape index (κ2) is 8.60. The number of amides is 1. The minimum atomic E-state index is -0.00342. The van der Waals surface area contributed by atoms with Crippen LogP contribution in [0.3, 0.4) is 0 Å². The highest BCUT2D eigenvalue weighted by Gasteiger charge is 2.06.